The number of carbonyl (C=O) groups is 2. The van der Waals surface area contributed by atoms with Gasteiger partial charge in [0.15, 0.2) is 17.5 Å². The summed E-state index contributed by atoms with van der Waals surface area (Å²) < 4.78 is 39.6. The lowest BCUT2D eigenvalue weighted by atomic mass is 10.0. The van der Waals surface area contributed by atoms with Crippen molar-refractivity contribution >= 4 is 11.8 Å². The van der Waals surface area contributed by atoms with E-state index >= 15 is 0 Å². The van der Waals surface area contributed by atoms with Crippen LogP contribution in [0.3, 0.4) is 0 Å². The van der Waals surface area contributed by atoms with Crippen LogP contribution in [0.25, 0.3) is 0 Å². The van der Waals surface area contributed by atoms with Gasteiger partial charge in [0.2, 0.25) is 5.91 Å². The number of benzene rings is 1. The van der Waals surface area contributed by atoms with Crippen molar-refractivity contribution < 1.29 is 22.8 Å². The molecule has 1 aromatic carbocycles. The van der Waals surface area contributed by atoms with Crippen LogP contribution in [0.2, 0.25) is 0 Å². The van der Waals surface area contributed by atoms with Crippen molar-refractivity contribution in [1.82, 2.24) is 10.2 Å². The molecular formula is C16H19F3N2O2. The van der Waals surface area contributed by atoms with Crippen molar-refractivity contribution in [3.8, 4) is 0 Å². The molecule has 23 heavy (non-hydrogen) atoms. The van der Waals surface area contributed by atoms with Gasteiger partial charge < -0.3 is 10.2 Å². The third kappa shape index (κ3) is 3.83. The van der Waals surface area contributed by atoms with E-state index in [1.165, 1.54) is 0 Å². The Hall–Kier alpha value is -2.05. The normalized spacial score (nSPS) is 15.8. The number of rotatable bonds is 3. The molecule has 1 N–H and O–H groups in total. The summed E-state index contributed by atoms with van der Waals surface area (Å²) in [5.41, 5.74) is -0.524. The van der Waals surface area contributed by atoms with Gasteiger partial charge >= 0.3 is 0 Å². The molecule has 0 aromatic heterocycles. The molecule has 0 unspecified atom stereocenters. The second-order valence-corrected chi connectivity index (χ2v) is 5.95. The van der Waals surface area contributed by atoms with Gasteiger partial charge in [-0.2, -0.15) is 0 Å². The topological polar surface area (TPSA) is 49.4 Å². The molecule has 0 radical (unpaired) electrons. The third-order valence-corrected chi connectivity index (χ3v) is 3.92. The number of amides is 2. The number of halogens is 3. The first-order valence-electron chi connectivity index (χ1n) is 7.54. The highest BCUT2D eigenvalue weighted by Gasteiger charge is 2.26. The van der Waals surface area contributed by atoms with E-state index < -0.39 is 28.9 Å². The van der Waals surface area contributed by atoms with Crippen molar-refractivity contribution in [1.29, 1.82) is 0 Å². The molecular weight excluding hydrogens is 309 g/mol. The number of nitrogens with zero attached hydrogens (tertiary/aromatic N) is 1. The Morgan fingerprint density at radius 2 is 1.74 bits per heavy atom. The monoisotopic (exact) mass is 328 g/mol. The van der Waals surface area contributed by atoms with E-state index in [0.717, 1.165) is 12.1 Å². The first kappa shape index (κ1) is 17.3. The second kappa shape index (κ2) is 7.02. The van der Waals surface area contributed by atoms with E-state index in [0.29, 0.717) is 25.9 Å². The summed E-state index contributed by atoms with van der Waals surface area (Å²) in [5.74, 6) is -5.29. The van der Waals surface area contributed by atoms with Gasteiger partial charge in [0.25, 0.3) is 5.91 Å². The number of carbonyl (C=O) groups excluding carboxylic acids is 2. The van der Waals surface area contributed by atoms with Gasteiger partial charge in [-0.25, -0.2) is 13.2 Å². The fraction of sp³-hybridized carbons (Fsp3) is 0.500. The van der Waals surface area contributed by atoms with Crippen LogP contribution in [-0.4, -0.2) is 35.8 Å². The number of hydrogen-bond acceptors (Lipinski definition) is 2. The smallest absolute Gasteiger partial charge is 0.254 e. The van der Waals surface area contributed by atoms with Crippen molar-refractivity contribution in [2.24, 2.45) is 5.92 Å². The number of nitrogens with one attached hydrogen (secondary N) is 1. The summed E-state index contributed by atoms with van der Waals surface area (Å²) in [6.45, 7) is 4.65. The van der Waals surface area contributed by atoms with Gasteiger partial charge in [-0.1, -0.05) is 13.8 Å². The van der Waals surface area contributed by atoms with Crippen LogP contribution >= 0.6 is 0 Å². The van der Waals surface area contributed by atoms with Crippen LogP contribution in [0, 0.1) is 23.4 Å². The lowest BCUT2D eigenvalue weighted by molar-refractivity contribution is -0.135. The molecule has 4 nitrogen and oxygen atoms in total. The SMILES string of the molecule is CC(C)C(=O)N1CCC(NC(=O)c2ccc(F)c(F)c2F)CC1. The lowest BCUT2D eigenvalue weighted by Gasteiger charge is -2.33. The Morgan fingerprint density at radius 3 is 2.30 bits per heavy atom. The van der Waals surface area contributed by atoms with Crippen molar-refractivity contribution in [2.45, 2.75) is 32.7 Å². The van der Waals surface area contributed by atoms with E-state index in [9.17, 15) is 22.8 Å². The molecule has 1 fully saturated rings. The van der Waals surface area contributed by atoms with E-state index in [1.807, 2.05) is 13.8 Å². The zero-order valence-corrected chi connectivity index (χ0v) is 13.0. The molecule has 0 atom stereocenters. The fourth-order valence-electron chi connectivity index (χ4n) is 2.57. The molecule has 0 spiro atoms. The van der Waals surface area contributed by atoms with E-state index in [2.05, 4.69) is 5.32 Å². The van der Waals surface area contributed by atoms with Crippen LogP contribution < -0.4 is 5.32 Å². The predicted molar refractivity (Wildman–Crippen MR) is 78.2 cm³/mol. The molecule has 1 aliphatic heterocycles. The Labute approximate surface area is 132 Å². The van der Waals surface area contributed by atoms with Crippen LogP contribution in [0.1, 0.15) is 37.0 Å². The Balaban J connectivity index is 1.96. The molecule has 1 aromatic rings. The molecule has 7 heteroatoms. The lowest BCUT2D eigenvalue weighted by Crippen LogP contribution is -2.47. The highest BCUT2D eigenvalue weighted by atomic mass is 19.2. The predicted octanol–water partition coefficient (Wildman–Crippen LogP) is 2.48. The summed E-state index contributed by atoms with van der Waals surface area (Å²) in [6, 6.07) is 1.41. The van der Waals surface area contributed by atoms with Crippen LogP contribution in [-0.2, 0) is 4.79 Å². The first-order chi connectivity index (χ1) is 10.8. The number of hydrogen-bond donors (Lipinski definition) is 1. The summed E-state index contributed by atoms with van der Waals surface area (Å²) >= 11 is 0. The standard InChI is InChI=1S/C16H19F3N2O2/c1-9(2)16(23)21-7-5-10(6-8-21)20-15(22)11-3-4-12(17)14(19)13(11)18/h3-4,9-10H,5-8H2,1-2H3,(H,20,22). The molecule has 126 valence electrons. The van der Waals surface area contributed by atoms with E-state index in [-0.39, 0.29) is 17.9 Å². The van der Waals surface area contributed by atoms with Gasteiger partial charge in [0, 0.05) is 25.0 Å². The maximum absolute atomic E-state index is 13.6. The second-order valence-electron chi connectivity index (χ2n) is 5.95. The average molecular weight is 328 g/mol. The minimum Gasteiger partial charge on any atom is -0.349 e. The van der Waals surface area contributed by atoms with Gasteiger partial charge in [0.1, 0.15) is 0 Å². The number of piperidine rings is 1. The zero-order valence-electron chi connectivity index (χ0n) is 13.0. The average Bonchev–Trinajstić information content (AvgIpc) is 2.52. The molecule has 1 heterocycles. The quantitative estimate of drug-likeness (QED) is 0.867. The van der Waals surface area contributed by atoms with Crippen molar-refractivity contribution in [2.75, 3.05) is 13.1 Å². The molecule has 1 aliphatic rings. The first-order valence-corrected chi connectivity index (χ1v) is 7.54. The van der Waals surface area contributed by atoms with Crippen LogP contribution in [0.5, 0.6) is 0 Å². The maximum atomic E-state index is 13.6. The minimum atomic E-state index is -1.66. The molecule has 1 saturated heterocycles. The van der Waals surface area contributed by atoms with Gasteiger partial charge in [-0.15, -0.1) is 0 Å². The zero-order chi connectivity index (χ0) is 17.1. The molecule has 2 rings (SSSR count). The van der Waals surface area contributed by atoms with Gasteiger partial charge in [-0.3, -0.25) is 9.59 Å². The minimum absolute atomic E-state index is 0.0569. The van der Waals surface area contributed by atoms with Crippen LogP contribution in [0.15, 0.2) is 12.1 Å². The van der Waals surface area contributed by atoms with Crippen molar-refractivity contribution in [3.63, 3.8) is 0 Å². The number of likely N-dealkylation sites (tertiary alicyclic amines) is 1. The Morgan fingerprint density at radius 1 is 1.13 bits per heavy atom. The Kier molecular flexibility index (Phi) is 5.28. The molecule has 0 aliphatic carbocycles. The summed E-state index contributed by atoms with van der Waals surface area (Å²) in [6.07, 6.45) is 1.07. The van der Waals surface area contributed by atoms with E-state index in [4.69, 9.17) is 0 Å². The molecule has 0 saturated carbocycles. The summed E-state index contributed by atoms with van der Waals surface area (Å²) in [5, 5.41) is 2.61. The fourth-order valence-corrected chi connectivity index (χ4v) is 2.57. The molecule has 0 bridgehead atoms. The largest absolute Gasteiger partial charge is 0.349 e. The molecule has 2 amide bonds. The highest BCUT2D eigenvalue weighted by molar-refractivity contribution is 5.94. The summed E-state index contributed by atoms with van der Waals surface area (Å²) in [4.78, 5) is 25.6. The van der Waals surface area contributed by atoms with Crippen LogP contribution in [0.4, 0.5) is 13.2 Å². The van der Waals surface area contributed by atoms with E-state index in [1.54, 1.807) is 4.90 Å². The maximum Gasteiger partial charge on any atom is 0.254 e. The summed E-state index contributed by atoms with van der Waals surface area (Å²) in [7, 11) is 0. The van der Waals surface area contributed by atoms with Gasteiger partial charge in [0.05, 0.1) is 5.56 Å². The van der Waals surface area contributed by atoms with Crippen molar-refractivity contribution in [3.05, 3.63) is 35.1 Å². The highest BCUT2D eigenvalue weighted by Crippen LogP contribution is 2.17. The van der Waals surface area contributed by atoms with Gasteiger partial charge in [-0.05, 0) is 25.0 Å². The Bertz CT molecular complexity index is 612. The third-order valence-electron chi connectivity index (χ3n) is 3.92.